The summed E-state index contributed by atoms with van der Waals surface area (Å²) in [5.74, 6) is 0.912. The fraction of sp³-hybridized carbons (Fsp3) is 0.571. The predicted octanol–water partition coefficient (Wildman–Crippen LogP) is 2.49. The molecule has 1 saturated carbocycles. The van der Waals surface area contributed by atoms with Crippen LogP contribution in [0.3, 0.4) is 0 Å². The number of hydrogen-bond acceptors (Lipinski definition) is 2. The highest BCUT2D eigenvalue weighted by atomic mass is 14.9. The molecule has 1 atom stereocenters. The molecule has 2 aliphatic rings. The van der Waals surface area contributed by atoms with Gasteiger partial charge in [-0.25, -0.2) is 0 Å². The molecular formula is C14H20N2. The lowest BCUT2D eigenvalue weighted by Crippen LogP contribution is -2.30. The summed E-state index contributed by atoms with van der Waals surface area (Å²) in [4.78, 5) is 0. The number of rotatable bonds is 3. The second-order valence-corrected chi connectivity index (χ2v) is 5.26. The van der Waals surface area contributed by atoms with E-state index in [2.05, 4.69) is 41.0 Å². The van der Waals surface area contributed by atoms with Gasteiger partial charge >= 0.3 is 0 Å². The summed E-state index contributed by atoms with van der Waals surface area (Å²) in [6, 6.07) is 10.6. The van der Waals surface area contributed by atoms with E-state index >= 15 is 0 Å². The van der Waals surface area contributed by atoms with Gasteiger partial charge in [0.15, 0.2) is 0 Å². The normalized spacial score (nSPS) is 26.6. The molecule has 3 rings (SSSR count). The standard InChI is InChI=1S/C14H20N2/c1-2-4-13(5-3-1)16-11-12-10-14(12)6-8-15-9-7-14/h1-5,12,15-16H,6-11H2. The molecule has 2 nitrogen and oxygen atoms in total. The molecule has 0 radical (unpaired) electrons. The Morgan fingerprint density at radius 1 is 1.19 bits per heavy atom. The molecule has 1 aromatic carbocycles. The number of hydrogen-bond donors (Lipinski definition) is 2. The van der Waals surface area contributed by atoms with Crippen LogP contribution in [0.15, 0.2) is 30.3 Å². The third kappa shape index (κ3) is 1.94. The van der Waals surface area contributed by atoms with Crippen LogP contribution >= 0.6 is 0 Å². The maximum atomic E-state index is 3.56. The molecule has 1 unspecified atom stereocenters. The topological polar surface area (TPSA) is 24.1 Å². The molecule has 16 heavy (non-hydrogen) atoms. The van der Waals surface area contributed by atoms with Gasteiger partial charge in [0.1, 0.15) is 0 Å². The number of benzene rings is 1. The summed E-state index contributed by atoms with van der Waals surface area (Å²) in [7, 11) is 0. The molecule has 1 spiro atoms. The Labute approximate surface area is 97.4 Å². The minimum Gasteiger partial charge on any atom is -0.385 e. The van der Waals surface area contributed by atoms with Crippen LogP contribution in [0.5, 0.6) is 0 Å². The van der Waals surface area contributed by atoms with Crippen molar-refractivity contribution in [3.63, 3.8) is 0 Å². The summed E-state index contributed by atoms with van der Waals surface area (Å²) in [5.41, 5.74) is 1.96. The van der Waals surface area contributed by atoms with Crippen molar-refractivity contribution in [2.45, 2.75) is 19.3 Å². The zero-order chi connectivity index (χ0) is 10.8. The summed E-state index contributed by atoms with van der Waals surface area (Å²) in [5, 5.41) is 7.01. The maximum absolute atomic E-state index is 3.56. The second kappa shape index (κ2) is 4.10. The first kappa shape index (κ1) is 10.2. The molecule has 0 aromatic heterocycles. The van der Waals surface area contributed by atoms with Gasteiger partial charge in [-0.3, -0.25) is 0 Å². The summed E-state index contributed by atoms with van der Waals surface area (Å²) in [6.45, 7) is 3.60. The van der Waals surface area contributed by atoms with Crippen molar-refractivity contribution in [2.24, 2.45) is 11.3 Å². The molecular weight excluding hydrogens is 196 g/mol. The number of piperidine rings is 1. The van der Waals surface area contributed by atoms with Gasteiger partial charge in [-0.2, -0.15) is 0 Å². The van der Waals surface area contributed by atoms with E-state index in [4.69, 9.17) is 0 Å². The van der Waals surface area contributed by atoms with E-state index in [-0.39, 0.29) is 0 Å². The van der Waals surface area contributed by atoms with Crippen LogP contribution in [-0.4, -0.2) is 19.6 Å². The smallest absolute Gasteiger partial charge is 0.0340 e. The Kier molecular flexibility index (Phi) is 2.60. The third-order valence-electron chi connectivity index (χ3n) is 4.28. The molecule has 86 valence electrons. The van der Waals surface area contributed by atoms with Gasteiger partial charge in [-0.05, 0) is 55.8 Å². The van der Waals surface area contributed by atoms with Crippen molar-refractivity contribution in [2.75, 3.05) is 25.0 Å². The monoisotopic (exact) mass is 216 g/mol. The summed E-state index contributed by atoms with van der Waals surface area (Å²) < 4.78 is 0. The van der Waals surface area contributed by atoms with Crippen LogP contribution < -0.4 is 10.6 Å². The molecule has 2 N–H and O–H groups in total. The quantitative estimate of drug-likeness (QED) is 0.811. The highest BCUT2D eigenvalue weighted by molar-refractivity contribution is 5.42. The van der Waals surface area contributed by atoms with Crippen LogP contribution in [0.25, 0.3) is 0 Å². The van der Waals surface area contributed by atoms with E-state index in [9.17, 15) is 0 Å². The minimum absolute atomic E-state index is 0.701. The van der Waals surface area contributed by atoms with Crippen molar-refractivity contribution in [1.82, 2.24) is 5.32 Å². The molecule has 1 saturated heterocycles. The Hall–Kier alpha value is -1.02. The Balaban J connectivity index is 1.51. The lowest BCUT2D eigenvalue weighted by atomic mass is 9.92. The minimum atomic E-state index is 0.701. The average Bonchev–Trinajstić information content (AvgIpc) is 3.01. The molecule has 1 heterocycles. The fourth-order valence-corrected chi connectivity index (χ4v) is 3.05. The van der Waals surface area contributed by atoms with E-state index < -0.39 is 0 Å². The zero-order valence-corrected chi connectivity index (χ0v) is 9.71. The zero-order valence-electron chi connectivity index (χ0n) is 9.71. The fourth-order valence-electron chi connectivity index (χ4n) is 3.05. The summed E-state index contributed by atoms with van der Waals surface area (Å²) >= 11 is 0. The molecule has 1 aromatic rings. The van der Waals surface area contributed by atoms with Crippen LogP contribution in [0.2, 0.25) is 0 Å². The maximum Gasteiger partial charge on any atom is 0.0340 e. The SMILES string of the molecule is c1ccc(NCC2CC23CCNCC3)cc1. The molecule has 1 aliphatic carbocycles. The van der Waals surface area contributed by atoms with Crippen molar-refractivity contribution >= 4 is 5.69 Å². The van der Waals surface area contributed by atoms with E-state index in [0.29, 0.717) is 5.41 Å². The van der Waals surface area contributed by atoms with E-state index in [0.717, 1.165) is 12.5 Å². The van der Waals surface area contributed by atoms with Gasteiger partial charge < -0.3 is 10.6 Å². The molecule has 2 heteroatoms. The first-order chi connectivity index (χ1) is 7.89. The van der Waals surface area contributed by atoms with Crippen molar-refractivity contribution in [3.8, 4) is 0 Å². The van der Waals surface area contributed by atoms with E-state index in [1.54, 1.807) is 0 Å². The van der Waals surface area contributed by atoms with E-state index in [1.165, 1.54) is 38.0 Å². The highest BCUT2D eigenvalue weighted by Crippen LogP contribution is 2.58. The first-order valence-corrected chi connectivity index (χ1v) is 6.39. The molecule has 2 fully saturated rings. The van der Waals surface area contributed by atoms with Crippen molar-refractivity contribution < 1.29 is 0 Å². The van der Waals surface area contributed by atoms with Crippen LogP contribution in [-0.2, 0) is 0 Å². The Morgan fingerprint density at radius 3 is 2.69 bits per heavy atom. The average molecular weight is 216 g/mol. The van der Waals surface area contributed by atoms with Crippen LogP contribution in [0.4, 0.5) is 5.69 Å². The predicted molar refractivity (Wildman–Crippen MR) is 67.6 cm³/mol. The van der Waals surface area contributed by atoms with Crippen molar-refractivity contribution in [3.05, 3.63) is 30.3 Å². The van der Waals surface area contributed by atoms with Gasteiger partial charge in [0.05, 0.1) is 0 Å². The van der Waals surface area contributed by atoms with Crippen LogP contribution in [0, 0.1) is 11.3 Å². The largest absolute Gasteiger partial charge is 0.385 e. The third-order valence-corrected chi connectivity index (χ3v) is 4.28. The lowest BCUT2D eigenvalue weighted by Gasteiger charge is -2.23. The first-order valence-electron chi connectivity index (χ1n) is 6.39. The van der Waals surface area contributed by atoms with Gasteiger partial charge in [0, 0.05) is 12.2 Å². The summed E-state index contributed by atoms with van der Waals surface area (Å²) in [6.07, 6.45) is 4.21. The van der Waals surface area contributed by atoms with Gasteiger partial charge in [-0.1, -0.05) is 18.2 Å². The molecule has 1 aliphatic heterocycles. The number of para-hydroxylation sites is 1. The van der Waals surface area contributed by atoms with E-state index in [1.807, 2.05) is 0 Å². The highest BCUT2D eigenvalue weighted by Gasteiger charge is 2.53. The van der Waals surface area contributed by atoms with Crippen LogP contribution in [0.1, 0.15) is 19.3 Å². The number of anilines is 1. The second-order valence-electron chi connectivity index (χ2n) is 5.26. The number of nitrogens with one attached hydrogen (secondary N) is 2. The Bertz CT molecular complexity index is 341. The lowest BCUT2D eigenvalue weighted by molar-refractivity contribution is 0.326. The van der Waals surface area contributed by atoms with Gasteiger partial charge in [-0.15, -0.1) is 0 Å². The van der Waals surface area contributed by atoms with Gasteiger partial charge in [0.25, 0.3) is 0 Å². The molecule has 0 amide bonds. The Morgan fingerprint density at radius 2 is 1.94 bits per heavy atom. The van der Waals surface area contributed by atoms with Crippen molar-refractivity contribution in [1.29, 1.82) is 0 Å². The molecule has 0 bridgehead atoms. The van der Waals surface area contributed by atoms with Gasteiger partial charge in [0.2, 0.25) is 0 Å².